The number of halogens is 1. The average Bonchev–Trinajstić information content (AvgIpc) is 3.42. The molecule has 1 fully saturated rings. The highest BCUT2D eigenvalue weighted by atomic mass is 32.1. The number of likely N-dealkylation sites (tertiary alicyclic amines) is 1. The number of rotatable bonds is 5. The Morgan fingerprint density at radius 2 is 1.91 bits per heavy atom. The molecule has 0 atom stereocenters. The van der Waals surface area contributed by atoms with Crippen molar-refractivity contribution in [2.45, 2.75) is 26.3 Å². The SMILES string of the molecule is Cc1nn(Cc2ccc(F)cc2)c2sc(C(=O)N3CCC(C(=O)Nc4ccccn4)CC3)cc12. The molecule has 2 amide bonds. The van der Waals surface area contributed by atoms with Gasteiger partial charge in [-0.3, -0.25) is 14.3 Å². The fraction of sp³-hybridized carbons (Fsp3) is 0.280. The maximum atomic E-state index is 13.2. The molecule has 1 N–H and O–H groups in total. The van der Waals surface area contributed by atoms with Crippen LogP contribution >= 0.6 is 11.3 Å². The van der Waals surface area contributed by atoms with Crippen LogP contribution < -0.4 is 5.32 Å². The molecule has 0 radical (unpaired) electrons. The number of amides is 2. The number of hydrogen-bond acceptors (Lipinski definition) is 5. The summed E-state index contributed by atoms with van der Waals surface area (Å²) in [5, 5.41) is 8.42. The first-order valence-electron chi connectivity index (χ1n) is 11.2. The Morgan fingerprint density at radius 1 is 1.15 bits per heavy atom. The standard InChI is InChI=1S/C25H24FN5O2S/c1-16-20-14-21(34-25(20)31(29-16)15-17-5-7-19(26)8-6-17)24(33)30-12-9-18(10-13-30)23(32)28-22-4-2-3-11-27-22/h2-8,11,14,18H,9-10,12-13,15H2,1H3,(H,27,28,32). The molecule has 174 valence electrons. The third kappa shape index (κ3) is 4.56. The Kier molecular flexibility index (Phi) is 6.10. The van der Waals surface area contributed by atoms with Crippen molar-refractivity contribution in [3.63, 3.8) is 0 Å². The van der Waals surface area contributed by atoms with Crippen LogP contribution in [0.5, 0.6) is 0 Å². The van der Waals surface area contributed by atoms with Gasteiger partial charge in [0, 0.05) is 30.6 Å². The van der Waals surface area contributed by atoms with Gasteiger partial charge in [-0.1, -0.05) is 18.2 Å². The third-order valence-electron chi connectivity index (χ3n) is 6.13. The summed E-state index contributed by atoms with van der Waals surface area (Å²) < 4.78 is 15.1. The van der Waals surface area contributed by atoms with Crippen LogP contribution in [0.2, 0.25) is 0 Å². The van der Waals surface area contributed by atoms with Crippen LogP contribution in [0.4, 0.5) is 10.2 Å². The van der Waals surface area contributed by atoms with E-state index >= 15 is 0 Å². The number of hydrogen-bond donors (Lipinski definition) is 1. The molecule has 9 heteroatoms. The predicted octanol–water partition coefficient (Wildman–Crippen LogP) is 4.48. The minimum Gasteiger partial charge on any atom is -0.338 e. The number of nitrogens with zero attached hydrogens (tertiary/aromatic N) is 4. The molecule has 1 aliphatic heterocycles. The summed E-state index contributed by atoms with van der Waals surface area (Å²) in [5.74, 6) is 0.0653. The molecule has 1 saturated heterocycles. The maximum absolute atomic E-state index is 13.2. The van der Waals surface area contributed by atoms with Gasteiger partial charge in [-0.2, -0.15) is 5.10 Å². The number of benzene rings is 1. The Balaban J connectivity index is 1.25. The Bertz CT molecular complexity index is 1320. The van der Waals surface area contributed by atoms with Gasteiger partial charge in [0.05, 0.1) is 17.1 Å². The summed E-state index contributed by atoms with van der Waals surface area (Å²) in [4.78, 5) is 33.3. The van der Waals surface area contributed by atoms with Crippen molar-refractivity contribution in [3.8, 4) is 0 Å². The van der Waals surface area contributed by atoms with Gasteiger partial charge < -0.3 is 10.2 Å². The third-order valence-corrected chi connectivity index (χ3v) is 7.27. The van der Waals surface area contributed by atoms with E-state index in [-0.39, 0.29) is 23.5 Å². The molecule has 0 saturated carbocycles. The van der Waals surface area contributed by atoms with E-state index in [9.17, 15) is 14.0 Å². The average molecular weight is 478 g/mol. The largest absolute Gasteiger partial charge is 0.338 e. The van der Waals surface area contributed by atoms with E-state index in [1.807, 2.05) is 28.6 Å². The van der Waals surface area contributed by atoms with E-state index in [1.54, 1.807) is 30.5 Å². The number of piperidine rings is 1. The highest BCUT2D eigenvalue weighted by Crippen LogP contribution is 2.31. The minimum absolute atomic E-state index is 0.0162. The topological polar surface area (TPSA) is 80.1 Å². The first-order chi connectivity index (χ1) is 16.5. The van der Waals surface area contributed by atoms with Crippen LogP contribution in [0.25, 0.3) is 10.2 Å². The van der Waals surface area contributed by atoms with Crippen molar-refractivity contribution in [1.82, 2.24) is 19.7 Å². The number of aromatic nitrogens is 3. The molecule has 0 bridgehead atoms. The summed E-state index contributed by atoms with van der Waals surface area (Å²) in [6.45, 7) is 3.51. The molecule has 3 aromatic heterocycles. The van der Waals surface area contributed by atoms with E-state index in [4.69, 9.17) is 0 Å². The molecule has 0 spiro atoms. The van der Waals surface area contributed by atoms with Crippen molar-refractivity contribution >= 4 is 39.2 Å². The summed E-state index contributed by atoms with van der Waals surface area (Å²) in [5.41, 5.74) is 1.80. The molecular formula is C25H24FN5O2S. The molecule has 34 heavy (non-hydrogen) atoms. The van der Waals surface area contributed by atoms with E-state index < -0.39 is 0 Å². The normalized spacial score (nSPS) is 14.5. The van der Waals surface area contributed by atoms with Gasteiger partial charge >= 0.3 is 0 Å². The Morgan fingerprint density at radius 3 is 2.62 bits per heavy atom. The van der Waals surface area contributed by atoms with Gasteiger partial charge in [-0.25, -0.2) is 9.37 Å². The zero-order valence-corrected chi connectivity index (χ0v) is 19.5. The molecule has 7 nitrogen and oxygen atoms in total. The van der Waals surface area contributed by atoms with E-state index in [0.29, 0.717) is 43.2 Å². The fourth-order valence-electron chi connectivity index (χ4n) is 4.25. The number of pyridine rings is 1. The van der Waals surface area contributed by atoms with Gasteiger partial charge in [0.25, 0.3) is 5.91 Å². The van der Waals surface area contributed by atoms with E-state index in [0.717, 1.165) is 21.5 Å². The van der Waals surface area contributed by atoms with Crippen LogP contribution in [-0.4, -0.2) is 44.6 Å². The van der Waals surface area contributed by atoms with Crippen LogP contribution in [0.1, 0.15) is 33.8 Å². The van der Waals surface area contributed by atoms with E-state index in [2.05, 4.69) is 15.4 Å². The quantitative estimate of drug-likeness (QED) is 0.460. The van der Waals surface area contributed by atoms with Crippen LogP contribution in [0.3, 0.4) is 0 Å². The summed E-state index contributed by atoms with van der Waals surface area (Å²) in [6, 6.07) is 13.7. The predicted molar refractivity (Wildman–Crippen MR) is 129 cm³/mol. The fourth-order valence-corrected chi connectivity index (χ4v) is 5.38. The first kappa shape index (κ1) is 22.2. The van der Waals surface area contributed by atoms with E-state index in [1.165, 1.54) is 23.5 Å². The molecule has 5 rings (SSSR count). The van der Waals surface area contributed by atoms with Gasteiger partial charge in [0.1, 0.15) is 16.5 Å². The van der Waals surface area contributed by atoms with Crippen LogP contribution in [0.15, 0.2) is 54.7 Å². The highest BCUT2D eigenvalue weighted by Gasteiger charge is 2.29. The van der Waals surface area contributed by atoms with Gasteiger partial charge in [-0.15, -0.1) is 11.3 Å². The number of anilines is 1. The Hall–Kier alpha value is -3.59. The first-order valence-corrected chi connectivity index (χ1v) is 12.0. The van der Waals surface area contributed by atoms with Crippen molar-refractivity contribution in [2.24, 2.45) is 5.92 Å². The molecule has 0 aliphatic carbocycles. The lowest BCUT2D eigenvalue weighted by atomic mass is 9.96. The molecule has 4 aromatic rings. The zero-order valence-electron chi connectivity index (χ0n) is 18.7. The van der Waals surface area contributed by atoms with Gasteiger partial charge in [0.15, 0.2) is 0 Å². The minimum atomic E-state index is -0.271. The molecule has 4 heterocycles. The van der Waals surface area contributed by atoms with Crippen LogP contribution in [-0.2, 0) is 11.3 Å². The van der Waals surface area contributed by atoms with Gasteiger partial charge in [0.2, 0.25) is 5.91 Å². The molecular weight excluding hydrogens is 453 g/mol. The lowest BCUT2D eigenvalue weighted by Gasteiger charge is -2.31. The molecule has 0 unspecified atom stereocenters. The second-order valence-electron chi connectivity index (χ2n) is 8.47. The van der Waals surface area contributed by atoms with Crippen molar-refractivity contribution in [1.29, 1.82) is 0 Å². The summed E-state index contributed by atoms with van der Waals surface area (Å²) in [6.07, 6.45) is 2.88. The molecule has 1 aromatic carbocycles. The second-order valence-corrected chi connectivity index (χ2v) is 9.50. The van der Waals surface area contributed by atoms with Crippen molar-refractivity contribution in [3.05, 3.63) is 76.7 Å². The maximum Gasteiger partial charge on any atom is 0.264 e. The lowest BCUT2D eigenvalue weighted by molar-refractivity contribution is -0.121. The summed E-state index contributed by atoms with van der Waals surface area (Å²) in [7, 11) is 0. The lowest BCUT2D eigenvalue weighted by Crippen LogP contribution is -2.41. The zero-order chi connectivity index (χ0) is 23.7. The number of carbonyl (C=O) groups is 2. The van der Waals surface area contributed by atoms with Crippen molar-refractivity contribution in [2.75, 3.05) is 18.4 Å². The highest BCUT2D eigenvalue weighted by molar-refractivity contribution is 7.20. The van der Waals surface area contributed by atoms with Gasteiger partial charge in [-0.05, 0) is 55.7 Å². The second kappa shape index (κ2) is 9.34. The van der Waals surface area contributed by atoms with Crippen molar-refractivity contribution < 1.29 is 14.0 Å². The monoisotopic (exact) mass is 477 g/mol. The number of aryl methyl sites for hydroxylation is 1. The molecule has 1 aliphatic rings. The van der Waals surface area contributed by atoms with Crippen LogP contribution in [0, 0.1) is 18.7 Å². The summed E-state index contributed by atoms with van der Waals surface area (Å²) >= 11 is 1.43. The number of fused-ring (bicyclic) bond motifs is 1. The Labute approximate surface area is 200 Å². The number of thiophene rings is 1. The number of carbonyl (C=O) groups excluding carboxylic acids is 2. The number of nitrogens with one attached hydrogen (secondary N) is 1. The smallest absolute Gasteiger partial charge is 0.264 e.